The Morgan fingerprint density at radius 3 is 1.79 bits per heavy atom. The molecule has 2 aliphatic rings. The first kappa shape index (κ1) is 54.0. The number of benzene rings is 10. The zero-order valence-electron chi connectivity index (χ0n) is 49.3. The van der Waals surface area contributed by atoms with E-state index in [0.29, 0.717) is 11.5 Å². The number of nitrogens with zero attached hydrogens (tertiary/aromatic N) is 5. The van der Waals surface area contributed by atoms with E-state index in [1.807, 2.05) is 12.3 Å². The molecule has 6 nitrogen and oxygen atoms in total. The van der Waals surface area contributed by atoms with Crippen LogP contribution in [-0.4, -0.2) is 14.1 Å². The predicted molar refractivity (Wildman–Crippen MR) is 350 cm³/mol. The van der Waals surface area contributed by atoms with Gasteiger partial charge >= 0.3 is 0 Å². The molecule has 15 rings (SSSR count). The summed E-state index contributed by atoms with van der Waals surface area (Å²) in [6, 6.07) is 84.8. The summed E-state index contributed by atoms with van der Waals surface area (Å²) in [4.78, 5) is 9.74. The molecule has 420 valence electrons. The molecule has 0 amide bonds. The SMILES string of the molecule is CC(C)(C)c1cc(-c2cccc(-c3ccccc3)c2N2[CH-]N(c3[c-]c(Oc4[c-]c5c(cc4)c4c6c(ccc4n5-c4cc(C(C)(C)C)ccn4)-n4c5ccccc5c5cccc(c54)-c4ccccc4-6)ccc3)c3ccccc32)cc(C(C)(C)C)c1.[Pt]. The maximum Gasteiger partial charge on any atom is 0.135 e. The Morgan fingerprint density at radius 2 is 1.04 bits per heavy atom. The number of hydrogen-bond acceptors (Lipinski definition) is 4. The molecule has 0 atom stereocenters. The second-order valence-electron chi connectivity index (χ2n) is 25.7. The molecule has 0 N–H and O–H groups in total. The third kappa shape index (κ3) is 8.90. The van der Waals surface area contributed by atoms with Crippen molar-refractivity contribution < 1.29 is 25.8 Å². The van der Waals surface area contributed by atoms with Gasteiger partial charge in [0.15, 0.2) is 0 Å². The average molecular weight is 1280 g/mol. The van der Waals surface area contributed by atoms with Crippen molar-refractivity contribution in [2.45, 2.75) is 78.6 Å². The van der Waals surface area contributed by atoms with Crippen LogP contribution in [0.25, 0.3) is 99.6 Å². The molecular formula is C78H64N5OPt-3. The van der Waals surface area contributed by atoms with Crippen molar-refractivity contribution in [1.29, 1.82) is 0 Å². The number of anilines is 4. The molecule has 5 heterocycles. The molecule has 13 aromatic rings. The molecular weight excluding hydrogens is 1220 g/mol. The normalized spacial score (nSPS) is 13.0. The molecule has 0 saturated heterocycles. The Bertz CT molecular complexity index is 4780. The number of rotatable bonds is 7. The van der Waals surface area contributed by atoms with Gasteiger partial charge in [-0.2, -0.15) is 12.1 Å². The van der Waals surface area contributed by atoms with Crippen LogP contribution in [0, 0.1) is 18.8 Å². The van der Waals surface area contributed by atoms with E-state index in [4.69, 9.17) is 9.72 Å². The number of aromatic nitrogens is 3. The first-order valence-corrected chi connectivity index (χ1v) is 29.3. The second kappa shape index (κ2) is 20.1. The number of ether oxygens (including phenoxy) is 1. The second-order valence-corrected chi connectivity index (χ2v) is 25.7. The van der Waals surface area contributed by atoms with Crippen LogP contribution in [0.2, 0.25) is 0 Å². The minimum Gasteiger partial charge on any atom is -0.509 e. The fourth-order valence-corrected chi connectivity index (χ4v) is 13.0. The fraction of sp³-hybridized carbons (Fsp3) is 0.154. The number of pyridine rings is 1. The monoisotopic (exact) mass is 1280 g/mol. The Morgan fingerprint density at radius 1 is 0.424 bits per heavy atom. The van der Waals surface area contributed by atoms with Gasteiger partial charge in [0.2, 0.25) is 0 Å². The molecule has 0 fully saturated rings. The largest absolute Gasteiger partial charge is 0.509 e. The Balaban J connectivity index is 0.00000640. The quantitative estimate of drug-likeness (QED) is 0.149. The molecule has 0 bridgehead atoms. The molecule has 0 radical (unpaired) electrons. The minimum absolute atomic E-state index is 0. The molecule has 85 heavy (non-hydrogen) atoms. The van der Waals surface area contributed by atoms with Crippen molar-refractivity contribution in [3.05, 3.63) is 254 Å². The van der Waals surface area contributed by atoms with Gasteiger partial charge in [0, 0.05) is 94.4 Å². The Kier molecular flexibility index (Phi) is 12.8. The van der Waals surface area contributed by atoms with E-state index in [1.165, 1.54) is 66.3 Å². The van der Waals surface area contributed by atoms with Crippen molar-refractivity contribution in [2.24, 2.45) is 0 Å². The van der Waals surface area contributed by atoms with Crippen LogP contribution in [0.4, 0.5) is 22.7 Å². The van der Waals surface area contributed by atoms with E-state index in [1.54, 1.807) is 0 Å². The maximum absolute atomic E-state index is 6.99. The van der Waals surface area contributed by atoms with Crippen LogP contribution < -0.4 is 14.5 Å². The van der Waals surface area contributed by atoms with Crippen molar-refractivity contribution in [3.63, 3.8) is 0 Å². The first-order valence-electron chi connectivity index (χ1n) is 29.3. The van der Waals surface area contributed by atoms with Gasteiger partial charge in [-0.15, -0.1) is 48.1 Å². The summed E-state index contributed by atoms with van der Waals surface area (Å²) in [7, 11) is 0. The summed E-state index contributed by atoms with van der Waals surface area (Å²) < 4.78 is 11.8. The van der Waals surface area contributed by atoms with Gasteiger partial charge in [0.1, 0.15) is 5.82 Å². The number of para-hydroxylation sites is 5. The molecule has 3 aromatic heterocycles. The third-order valence-electron chi connectivity index (χ3n) is 17.3. The molecule has 0 spiro atoms. The van der Waals surface area contributed by atoms with Crippen molar-refractivity contribution in [1.82, 2.24) is 14.1 Å². The van der Waals surface area contributed by atoms with Gasteiger partial charge in [0.05, 0.1) is 16.7 Å². The van der Waals surface area contributed by atoms with Crippen molar-refractivity contribution in [2.75, 3.05) is 9.80 Å². The Hall–Kier alpha value is -8.96. The molecule has 0 saturated carbocycles. The van der Waals surface area contributed by atoms with Gasteiger partial charge in [-0.1, -0.05) is 207 Å². The maximum atomic E-state index is 6.99. The van der Waals surface area contributed by atoms with Gasteiger partial charge in [-0.3, -0.25) is 0 Å². The van der Waals surface area contributed by atoms with Gasteiger partial charge < -0.3 is 23.7 Å². The van der Waals surface area contributed by atoms with E-state index in [-0.39, 0.29) is 37.3 Å². The van der Waals surface area contributed by atoms with Crippen LogP contribution in [0.5, 0.6) is 11.5 Å². The summed E-state index contributed by atoms with van der Waals surface area (Å²) in [6.07, 6.45) is 1.94. The topological polar surface area (TPSA) is 38.5 Å². The van der Waals surface area contributed by atoms with Gasteiger partial charge in [-0.25, -0.2) is 4.98 Å². The summed E-state index contributed by atoms with van der Waals surface area (Å²) in [5.74, 6) is 1.97. The average Bonchev–Trinajstić information content (AvgIpc) is 1.61. The third-order valence-corrected chi connectivity index (χ3v) is 17.3. The smallest absolute Gasteiger partial charge is 0.135 e. The van der Waals surface area contributed by atoms with Crippen LogP contribution >= 0.6 is 0 Å². The van der Waals surface area contributed by atoms with E-state index in [0.717, 1.165) is 72.8 Å². The van der Waals surface area contributed by atoms with E-state index in [2.05, 4.69) is 306 Å². The minimum atomic E-state index is -0.107. The van der Waals surface area contributed by atoms with Crippen LogP contribution in [-0.2, 0) is 37.3 Å². The van der Waals surface area contributed by atoms with E-state index in [9.17, 15) is 0 Å². The molecule has 0 unspecified atom stereocenters. The zero-order valence-corrected chi connectivity index (χ0v) is 51.6. The fourth-order valence-electron chi connectivity index (χ4n) is 13.0. The molecule has 10 aromatic carbocycles. The van der Waals surface area contributed by atoms with Crippen LogP contribution in [0.3, 0.4) is 0 Å². The molecule has 0 aliphatic carbocycles. The number of hydrogen-bond donors (Lipinski definition) is 0. The van der Waals surface area contributed by atoms with Gasteiger partial charge in [0.25, 0.3) is 0 Å². The summed E-state index contributed by atoms with van der Waals surface area (Å²) in [5, 5.41) is 4.67. The Labute approximate surface area is 512 Å². The van der Waals surface area contributed by atoms with Crippen molar-refractivity contribution in [3.8, 4) is 67.5 Å². The predicted octanol–water partition coefficient (Wildman–Crippen LogP) is 20.9. The zero-order chi connectivity index (χ0) is 57.4. The van der Waals surface area contributed by atoms with Crippen molar-refractivity contribution >= 4 is 66.4 Å². The summed E-state index contributed by atoms with van der Waals surface area (Å²) in [6.45, 7) is 22.8. The van der Waals surface area contributed by atoms with Crippen LogP contribution in [0.15, 0.2) is 219 Å². The van der Waals surface area contributed by atoms with E-state index < -0.39 is 0 Å². The molecule has 2 aliphatic heterocycles. The summed E-state index contributed by atoms with van der Waals surface area (Å²) >= 11 is 0. The first-order chi connectivity index (χ1) is 40.6. The van der Waals surface area contributed by atoms with Crippen LogP contribution in [0.1, 0.15) is 79.0 Å². The van der Waals surface area contributed by atoms with E-state index >= 15 is 0 Å². The molecule has 7 heteroatoms. The summed E-state index contributed by atoms with van der Waals surface area (Å²) in [5.41, 5.74) is 22.5. The number of fused-ring (bicyclic) bond motifs is 13. The van der Waals surface area contributed by atoms with Gasteiger partial charge in [-0.05, 0) is 103 Å². The standard InChI is InChI=1S/C78H64N5O.Pt/c1-76(2,3)51-40-41-79-71(45-51)82-68-38-39-69-72(61-28-14-13-26-59(61)62-31-21-32-63-60-27-15-16-33-65(60)83(69)75(62)63)73(68)64-37-36-56(47-70(64)82)84-55-25-19-24-54(46-55)80-48-81(67-35-18-17-34-66(67)80)74-57(49-22-11-10-12-23-49)29-20-30-58(74)50-42-52(77(4,5)6)44-53(43-50)78(7,8)9;/h10-45,48H,1-9H3;/q-3;.